The third-order valence-electron chi connectivity index (χ3n) is 4.50. The van der Waals surface area contributed by atoms with Gasteiger partial charge in [0.15, 0.2) is 0 Å². The number of nitrogens with zero attached hydrogens (tertiary/aromatic N) is 3. The fraction of sp³-hybridized carbons (Fsp3) is 0.333. The zero-order valence-electron chi connectivity index (χ0n) is 13.5. The molecule has 1 aliphatic rings. The van der Waals surface area contributed by atoms with E-state index in [2.05, 4.69) is 4.98 Å². The van der Waals surface area contributed by atoms with Crippen LogP contribution < -0.4 is 0 Å². The zero-order valence-corrected chi connectivity index (χ0v) is 14.3. The molecule has 0 N–H and O–H groups in total. The molecule has 1 unspecified atom stereocenters. The highest BCUT2D eigenvalue weighted by atomic mass is 32.2. The van der Waals surface area contributed by atoms with Gasteiger partial charge in [0.05, 0.1) is 17.4 Å². The molecule has 2 heterocycles. The van der Waals surface area contributed by atoms with Crippen molar-refractivity contribution in [2.45, 2.75) is 25.0 Å². The second-order valence-electron chi connectivity index (χ2n) is 6.14. The first-order chi connectivity index (χ1) is 11.5. The maximum Gasteiger partial charge on any atom is 0.218 e. The lowest BCUT2D eigenvalue weighted by atomic mass is 9.96. The lowest BCUT2D eigenvalue weighted by molar-refractivity contribution is 0.472. The third-order valence-corrected chi connectivity index (χ3v) is 6.31. The molecule has 1 saturated heterocycles. The van der Waals surface area contributed by atoms with Gasteiger partial charge in [-0.25, -0.2) is 12.7 Å². The van der Waals surface area contributed by atoms with E-state index in [1.54, 1.807) is 34.8 Å². The smallest absolute Gasteiger partial charge is 0.218 e. The number of sulfonamides is 1. The molecule has 24 heavy (non-hydrogen) atoms. The van der Waals surface area contributed by atoms with Gasteiger partial charge in [-0.3, -0.25) is 4.98 Å². The van der Waals surface area contributed by atoms with E-state index in [1.807, 2.05) is 25.3 Å². The summed E-state index contributed by atoms with van der Waals surface area (Å²) >= 11 is 0. The average Bonchev–Trinajstić information content (AvgIpc) is 3.06. The van der Waals surface area contributed by atoms with Crippen molar-refractivity contribution in [3.8, 4) is 6.07 Å². The SMILES string of the molecule is Cc1ccncc1C1CCN(S(=O)(=O)Cc2ccc(C#N)cc2)C1. The second kappa shape index (κ2) is 6.71. The number of aromatic nitrogens is 1. The summed E-state index contributed by atoms with van der Waals surface area (Å²) in [5.41, 5.74) is 3.52. The molecule has 0 saturated carbocycles. The van der Waals surface area contributed by atoms with Crippen molar-refractivity contribution in [2.75, 3.05) is 13.1 Å². The Balaban J connectivity index is 1.72. The Morgan fingerprint density at radius 3 is 2.71 bits per heavy atom. The Bertz CT molecular complexity index is 870. The number of hydrogen-bond donors (Lipinski definition) is 0. The Morgan fingerprint density at radius 1 is 1.29 bits per heavy atom. The molecule has 1 fully saturated rings. The lowest BCUT2D eigenvalue weighted by Gasteiger charge is -2.17. The van der Waals surface area contributed by atoms with Gasteiger partial charge in [0, 0.05) is 31.4 Å². The maximum absolute atomic E-state index is 12.7. The minimum atomic E-state index is -3.36. The highest BCUT2D eigenvalue weighted by Crippen LogP contribution is 2.31. The zero-order chi connectivity index (χ0) is 17.2. The van der Waals surface area contributed by atoms with Gasteiger partial charge >= 0.3 is 0 Å². The molecular weight excluding hydrogens is 322 g/mol. The molecule has 2 aromatic rings. The van der Waals surface area contributed by atoms with Crippen molar-refractivity contribution >= 4 is 10.0 Å². The highest BCUT2D eigenvalue weighted by Gasteiger charge is 2.32. The fourth-order valence-electron chi connectivity index (χ4n) is 3.12. The Kier molecular flexibility index (Phi) is 4.65. The predicted octanol–water partition coefficient (Wildman–Crippen LogP) is 2.58. The summed E-state index contributed by atoms with van der Waals surface area (Å²) in [4.78, 5) is 4.17. The van der Waals surface area contributed by atoms with E-state index in [9.17, 15) is 8.42 Å². The standard InChI is InChI=1S/C18H19N3O2S/c1-14-6-8-20-11-18(14)17-7-9-21(12-17)24(22,23)13-16-4-2-15(10-19)3-5-16/h2-6,8,11,17H,7,9,12-13H2,1H3. The van der Waals surface area contributed by atoms with Crippen LogP contribution in [-0.4, -0.2) is 30.8 Å². The molecule has 3 rings (SSSR count). The summed E-state index contributed by atoms with van der Waals surface area (Å²) in [6.07, 6.45) is 4.42. The average molecular weight is 341 g/mol. The van der Waals surface area contributed by atoms with Crippen LogP contribution in [0.4, 0.5) is 0 Å². The Hall–Kier alpha value is -2.23. The molecule has 1 aliphatic heterocycles. The summed E-state index contributed by atoms with van der Waals surface area (Å²) in [6.45, 7) is 3.08. The molecule has 0 bridgehead atoms. The van der Waals surface area contributed by atoms with E-state index in [4.69, 9.17) is 5.26 Å². The van der Waals surface area contributed by atoms with Crippen molar-refractivity contribution in [2.24, 2.45) is 0 Å². The van der Waals surface area contributed by atoms with Gasteiger partial charge in [-0.2, -0.15) is 5.26 Å². The molecule has 1 atom stereocenters. The van der Waals surface area contributed by atoms with Gasteiger partial charge in [-0.05, 0) is 48.2 Å². The summed E-state index contributed by atoms with van der Waals surface area (Å²) in [7, 11) is -3.36. The molecule has 0 spiro atoms. The molecule has 6 heteroatoms. The summed E-state index contributed by atoms with van der Waals surface area (Å²) in [6, 6.07) is 10.7. The van der Waals surface area contributed by atoms with Crippen LogP contribution in [0.3, 0.4) is 0 Å². The van der Waals surface area contributed by atoms with Gasteiger partial charge in [-0.15, -0.1) is 0 Å². The molecule has 1 aromatic heterocycles. The first-order valence-corrected chi connectivity index (χ1v) is 9.48. The summed E-state index contributed by atoms with van der Waals surface area (Å²) in [5, 5.41) is 8.81. The van der Waals surface area contributed by atoms with Gasteiger partial charge in [-0.1, -0.05) is 12.1 Å². The van der Waals surface area contributed by atoms with Gasteiger partial charge in [0.25, 0.3) is 0 Å². The van der Waals surface area contributed by atoms with E-state index in [0.717, 1.165) is 17.5 Å². The largest absolute Gasteiger partial charge is 0.264 e. The van der Waals surface area contributed by atoms with Crippen LogP contribution in [0.2, 0.25) is 0 Å². The molecule has 5 nitrogen and oxygen atoms in total. The minimum Gasteiger partial charge on any atom is -0.264 e. The lowest BCUT2D eigenvalue weighted by Crippen LogP contribution is -2.29. The molecule has 1 aromatic carbocycles. The van der Waals surface area contributed by atoms with Crippen LogP contribution in [0, 0.1) is 18.3 Å². The van der Waals surface area contributed by atoms with Crippen LogP contribution in [0.15, 0.2) is 42.7 Å². The van der Waals surface area contributed by atoms with Gasteiger partial charge in [0.1, 0.15) is 0 Å². The van der Waals surface area contributed by atoms with Gasteiger partial charge in [0.2, 0.25) is 10.0 Å². The van der Waals surface area contributed by atoms with Gasteiger partial charge < -0.3 is 0 Å². The number of benzene rings is 1. The fourth-order valence-corrected chi connectivity index (χ4v) is 4.70. The van der Waals surface area contributed by atoms with Crippen LogP contribution in [-0.2, 0) is 15.8 Å². The Labute approximate surface area is 142 Å². The van der Waals surface area contributed by atoms with Crippen LogP contribution >= 0.6 is 0 Å². The van der Waals surface area contributed by atoms with Crippen molar-refractivity contribution in [1.82, 2.24) is 9.29 Å². The van der Waals surface area contributed by atoms with Crippen molar-refractivity contribution in [3.63, 3.8) is 0 Å². The van der Waals surface area contributed by atoms with E-state index >= 15 is 0 Å². The van der Waals surface area contributed by atoms with Crippen LogP contribution in [0.25, 0.3) is 0 Å². The molecule has 0 radical (unpaired) electrons. The van der Waals surface area contributed by atoms with Crippen molar-refractivity contribution in [3.05, 3.63) is 65.0 Å². The second-order valence-corrected chi connectivity index (χ2v) is 8.11. The number of hydrogen-bond acceptors (Lipinski definition) is 4. The van der Waals surface area contributed by atoms with Crippen LogP contribution in [0.5, 0.6) is 0 Å². The maximum atomic E-state index is 12.7. The molecular formula is C18H19N3O2S. The van der Waals surface area contributed by atoms with E-state index in [-0.39, 0.29) is 11.7 Å². The molecule has 124 valence electrons. The van der Waals surface area contributed by atoms with E-state index in [0.29, 0.717) is 24.2 Å². The number of aryl methyl sites for hydroxylation is 1. The van der Waals surface area contributed by atoms with E-state index < -0.39 is 10.0 Å². The predicted molar refractivity (Wildman–Crippen MR) is 91.7 cm³/mol. The Morgan fingerprint density at radius 2 is 2.04 bits per heavy atom. The van der Waals surface area contributed by atoms with Crippen molar-refractivity contribution in [1.29, 1.82) is 5.26 Å². The normalized spacial score (nSPS) is 18.4. The first kappa shape index (κ1) is 16.6. The van der Waals surface area contributed by atoms with Crippen LogP contribution in [0.1, 0.15) is 34.6 Å². The number of nitriles is 1. The summed E-state index contributed by atoms with van der Waals surface area (Å²) < 4.78 is 26.9. The topological polar surface area (TPSA) is 74.1 Å². The highest BCUT2D eigenvalue weighted by molar-refractivity contribution is 7.88. The number of rotatable bonds is 4. The monoisotopic (exact) mass is 341 g/mol. The minimum absolute atomic E-state index is 0.0303. The van der Waals surface area contributed by atoms with E-state index in [1.165, 1.54) is 0 Å². The first-order valence-electron chi connectivity index (χ1n) is 7.87. The number of pyridine rings is 1. The molecule has 0 aliphatic carbocycles. The third kappa shape index (κ3) is 3.48. The van der Waals surface area contributed by atoms with Crippen molar-refractivity contribution < 1.29 is 8.42 Å². The quantitative estimate of drug-likeness (QED) is 0.857. The molecule has 0 amide bonds. The summed E-state index contributed by atoms with van der Waals surface area (Å²) in [5.74, 6) is 0.173.